The minimum absolute atomic E-state index is 0.0101. The molecule has 0 saturated carbocycles. The van der Waals surface area contributed by atoms with Gasteiger partial charge in [0.25, 0.3) is 5.91 Å². The van der Waals surface area contributed by atoms with Gasteiger partial charge < -0.3 is 19.9 Å². The number of hydrogen-bond donors (Lipinski definition) is 2. The summed E-state index contributed by atoms with van der Waals surface area (Å²) in [6.07, 6.45) is 3.28. The third-order valence-electron chi connectivity index (χ3n) is 4.47. The van der Waals surface area contributed by atoms with Gasteiger partial charge in [0, 0.05) is 18.0 Å². The van der Waals surface area contributed by atoms with Gasteiger partial charge in [0.1, 0.15) is 11.8 Å². The van der Waals surface area contributed by atoms with Crippen molar-refractivity contribution in [3.8, 4) is 17.1 Å². The number of amides is 2. The lowest BCUT2D eigenvalue weighted by Crippen LogP contribution is -2.40. The van der Waals surface area contributed by atoms with Crippen LogP contribution in [0.15, 0.2) is 53.3 Å². The molecule has 2 amide bonds. The van der Waals surface area contributed by atoms with E-state index in [-0.39, 0.29) is 18.4 Å². The predicted octanol–water partition coefficient (Wildman–Crippen LogP) is 2.77. The number of rotatable bonds is 9. The van der Waals surface area contributed by atoms with Crippen LogP contribution in [0.3, 0.4) is 0 Å². The molecule has 2 aromatic heterocycles. The van der Waals surface area contributed by atoms with Crippen molar-refractivity contribution in [3.05, 3.63) is 60.2 Å². The zero-order chi connectivity index (χ0) is 22.2. The Kier molecular flexibility index (Phi) is 7.31. The summed E-state index contributed by atoms with van der Waals surface area (Å²) in [4.78, 5) is 33.3. The molecule has 0 aliphatic rings. The van der Waals surface area contributed by atoms with E-state index in [2.05, 4.69) is 25.8 Å². The van der Waals surface area contributed by atoms with Gasteiger partial charge in [-0.1, -0.05) is 31.1 Å². The van der Waals surface area contributed by atoms with Crippen molar-refractivity contribution in [2.24, 2.45) is 5.92 Å². The molecule has 0 bridgehead atoms. The fraction of sp³-hybridized carbons (Fsp3) is 0.318. The predicted molar refractivity (Wildman–Crippen MR) is 113 cm³/mol. The molecule has 2 heterocycles. The Hall–Kier alpha value is -3.75. The van der Waals surface area contributed by atoms with Gasteiger partial charge >= 0.3 is 0 Å². The molecule has 0 radical (unpaired) electrons. The summed E-state index contributed by atoms with van der Waals surface area (Å²) >= 11 is 0. The van der Waals surface area contributed by atoms with Gasteiger partial charge in [-0.05, 0) is 37.1 Å². The maximum absolute atomic E-state index is 12.5. The first-order chi connectivity index (χ1) is 15.0. The van der Waals surface area contributed by atoms with E-state index in [9.17, 15) is 9.59 Å². The van der Waals surface area contributed by atoms with Crippen LogP contribution in [0.1, 0.15) is 43.1 Å². The molecule has 162 valence electrons. The third-order valence-corrected chi connectivity index (χ3v) is 4.47. The van der Waals surface area contributed by atoms with E-state index in [0.717, 1.165) is 5.56 Å². The second-order valence-corrected chi connectivity index (χ2v) is 7.09. The Morgan fingerprint density at radius 3 is 2.58 bits per heavy atom. The fourth-order valence-electron chi connectivity index (χ4n) is 2.91. The summed E-state index contributed by atoms with van der Waals surface area (Å²) in [5.74, 6) is 0.408. The van der Waals surface area contributed by atoms with Crippen molar-refractivity contribution in [2.45, 2.75) is 26.8 Å². The molecule has 3 aromatic rings. The molecule has 1 aromatic carbocycles. The molecule has 0 fully saturated rings. The summed E-state index contributed by atoms with van der Waals surface area (Å²) < 4.78 is 10.8. The largest absolute Gasteiger partial charge is 0.493 e. The number of para-hydroxylation sites is 1. The Labute approximate surface area is 180 Å². The second kappa shape index (κ2) is 10.3. The van der Waals surface area contributed by atoms with Gasteiger partial charge in [-0.2, -0.15) is 4.98 Å². The van der Waals surface area contributed by atoms with Crippen LogP contribution in [0.5, 0.6) is 5.75 Å². The maximum Gasteiger partial charge on any atom is 0.255 e. The van der Waals surface area contributed by atoms with Gasteiger partial charge in [-0.3, -0.25) is 14.6 Å². The number of carbonyl (C=O) groups is 2. The molecular formula is C22H25N5O4. The first-order valence-electron chi connectivity index (χ1n) is 10.0. The monoisotopic (exact) mass is 423 g/mol. The number of aromatic nitrogens is 3. The first kappa shape index (κ1) is 21.9. The number of ether oxygens (including phenoxy) is 1. The molecule has 0 aliphatic carbocycles. The lowest BCUT2D eigenvalue weighted by Gasteiger charge is -2.18. The molecule has 0 spiro atoms. The van der Waals surface area contributed by atoms with Gasteiger partial charge in [-0.15, -0.1) is 0 Å². The minimum atomic E-state index is -0.497. The van der Waals surface area contributed by atoms with Crippen LogP contribution < -0.4 is 15.4 Å². The van der Waals surface area contributed by atoms with E-state index >= 15 is 0 Å². The standard InChI is InChI=1S/C22H25N5O4/c1-4-30-17-8-6-5-7-16(17)21(29)24-13-18(28)25-19(14(2)3)22-26-20(27-31-22)15-9-11-23-12-10-15/h5-12,14,19H,4,13H2,1-3H3,(H,24,29)(H,25,28). The highest BCUT2D eigenvalue weighted by atomic mass is 16.5. The van der Waals surface area contributed by atoms with E-state index in [1.807, 2.05) is 20.8 Å². The molecule has 3 rings (SSSR count). The summed E-state index contributed by atoms with van der Waals surface area (Å²) in [5.41, 5.74) is 1.13. The fourth-order valence-corrected chi connectivity index (χ4v) is 2.91. The molecule has 31 heavy (non-hydrogen) atoms. The van der Waals surface area contributed by atoms with E-state index in [4.69, 9.17) is 9.26 Å². The Morgan fingerprint density at radius 1 is 1.13 bits per heavy atom. The van der Waals surface area contributed by atoms with Gasteiger partial charge in [0.15, 0.2) is 0 Å². The highest BCUT2D eigenvalue weighted by molar-refractivity contribution is 5.98. The van der Waals surface area contributed by atoms with E-state index in [1.165, 1.54) is 0 Å². The topological polar surface area (TPSA) is 119 Å². The molecule has 2 N–H and O–H groups in total. The average molecular weight is 423 g/mol. The quantitative estimate of drug-likeness (QED) is 0.543. The Balaban J connectivity index is 1.63. The zero-order valence-corrected chi connectivity index (χ0v) is 17.7. The summed E-state index contributed by atoms with van der Waals surface area (Å²) in [7, 11) is 0. The van der Waals surface area contributed by atoms with Gasteiger partial charge in [-0.25, -0.2) is 0 Å². The summed E-state index contributed by atoms with van der Waals surface area (Å²) in [6.45, 7) is 5.93. The Bertz CT molecular complexity index is 1020. The highest BCUT2D eigenvalue weighted by Gasteiger charge is 2.25. The normalized spacial score (nSPS) is 11.7. The highest BCUT2D eigenvalue weighted by Crippen LogP contribution is 2.23. The molecule has 0 aliphatic heterocycles. The van der Waals surface area contributed by atoms with Crippen molar-refractivity contribution in [1.82, 2.24) is 25.8 Å². The van der Waals surface area contributed by atoms with E-state index < -0.39 is 11.9 Å². The third kappa shape index (κ3) is 5.65. The lowest BCUT2D eigenvalue weighted by molar-refractivity contribution is -0.121. The van der Waals surface area contributed by atoms with E-state index in [0.29, 0.717) is 29.6 Å². The average Bonchev–Trinajstić information content (AvgIpc) is 3.27. The minimum Gasteiger partial charge on any atom is -0.493 e. The van der Waals surface area contributed by atoms with E-state index in [1.54, 1.807) is 48.8 Å². The summed E-state index contributed by atoms with van der Waals surface area (Å²) in [6, 6.07) is 9.93. The SMILES string of the molecule is CCOc1ccccc1C(=O)NCC(=O)NC(c1nc(-c2ccncc2)no1)C(C)C. The van der Waals surface area contributed by atoms with Crippen molar-refractivity contribution >= 4 is 11.8 Å². The molecule has 1 atom stereocenters. The van der Waals surface area contributed by atoms with Crippen LogP contribution in [0.2, 0.25) is 0 Å². The number of pyridine rings is 1. The van der Waals surface area contributed by atoms with Crippen LogP contribution in [0.25, 0.3) is 11.4 Å². The molecule has 1 unspecified atom stereocenters. The van der Waals surface area contributed by atoms with Crippen LogP contribution >= 0.6 is 0 Å². The number of nitrogens with one attached hydrogen (secondary N) is 2. The lowest BCUT2D eigenvalue weighted by atomic mass is 10.0. The van der Waals surface area contributed by atoms with Crippen molar-refractivity contribution in [2.75, 3.05) is 13.2 Å². The zero-order valence-electron chi connectivity index (χ0n) is 17.7. The van der Waals surface area contributed by atoms with Crippen molar-refractivity contribution < 1.29 is 18.8 Å². The number of hydrogen-bond acceptors (Lipinski definition) is 7. The van der Waals surface area contributed by atoms with Crippen LogP contribution in [0, 0.1) is 5.92 Å². The van der Waals surface area contributed by atoms with Gasteiger partial charge in [0.05, 0.1) is 18.7 Å². The number of nitrogens with zero attached hydrogens (tertiary/aromatic N) is 3. The Morgan fingerprint density at radius 2 is 1.87 bits per heavy atom. The molecular weight excluding hydrogens is 398 g/mol. The molecule has 0 saturated heterocycles. The molecule has 9 heteroatoms. The first-order valence-corrected chi connectivity index (χ1v) is 10.0. The molecule has 9 nitrogen and oxygen atoms in total. The van der Waals surface area contributed by atoms with Crippen molar-refractivity contribution in [3.63, 3.8) is 0 Å². The summed E-state index contributed by atoms with van der Waals surface area (Å²) in [5, 5.41) is 9.46. The number of carbonyl (C=O) groups excluding carboxylic acids is 2. The second-order valence-electron chi connectivity index (χ2n) is 7.09. The van der Waals surface area contributed by atoms with Crippen LogP contribution in [0.4, 0.5) is 0 Å². The smallest absolute Gasteiger partial charge is 0.255 e. The number of benzene rings is 1. The van der Waals surface area contributed by atoms with Crippen molar-refractivity contribution in [1.29, 1.82) is 0 Å². The van der Waals surface area contributed by atoms with Crippen LogP contribution in [-0.4, -0.2) is 40.1 Å². The van der Waals surface area contributed by atoms with Gasteiger partial charge in [0.2, 0.25) is 17.6 Å². The maximum atomic E-state index is 12.5. The van der Waals surface area contributed by atoms with Crippen LogP contribution in [-0.2, 0) is 4.79 Å².